The Morgan fingerprint density at radius 3 is 2.31 bits per heavy atom. The fraction of sp³-hybridized carbons (Fsp3) is 0.222. The zero-order valence-electron chi connectivity index (χ0n) is 8.16. The summed E-state index contributed by atoms with van der Waals surface area (Å²) in [6.45, 7) is 0.106. The van der Waals surface area contributed by atoms with E-state index in [1.165, 1.54) is 12.1 Å². The molecular weight excluding hydrogens is 223 g/mol. The largest absolute Gasteiger partial charge is 0.693 e. The molecule has 88 valence electrons. The molecule has 1 rings (SSSR count). The Balaban J connectivity index is 2.65. The molecule has 7 heteroatoms. The highest BCUT2D eigenvalue weighted by Gasteiger charge is 2.29. The third-order valence-corrected chi connectivity index (χ3v) is 1.86. The third kappa shape index (κ3) is 3.34. The summed E-state index contributed by atoms with van der Waals surface area (Å²) in [7, 11) is 0. The van der Waals surface area contributed by atoms with Gasteiger partial charge in [0.2, 0.25) is 0 Å². The SMILES string of the molecule is NC=[N+]([O-])NCc1ccc(C(F)(F)F)cc1. The molecule has 0 heterocycles. The van der Waals surface area contributed by atoms with Gasteiger partial charge in [0.15, 0.2) is 0 Å². The average molecular weight is 233 g/mol. The summed E-state index contributed by atoms with van der Waals surface area (Å²) in [6.07, 6.45) is -3.58. The van der Waals surface area contributed by atoms with E-state index in [1.54, 1.807) is 0 Å². The third-order valence-electron chi connectivity index (χ3n) is 1.86. The van der Waals surface area contributed by atoms with Gasteiger partial charge in [-0.1, -0.05) is 12.1 Å². The van der Waals surface area contributed by atoms with Gasteiger partial charge in [0.1, 0.15) is 0 Å². The lowest BCUT2D eigenvalue weighted by atomic mass is 10.1. The van der Waals surface area contributed by atoms with E-state index in [4.69, 9.17) is 5.73 Å². The summed E-state index contributed by atoms with van der Waals surface area (Å²) >= 11 is 0. The topological polar surface area (TPSA) is 64.1 Å². The molecule has 0 radical (unpaired) electrons. The molecule has 0 aromatic heterocycles. The Labute approximate surface area is 89.7 Å². The molecule has 0 aliphatic heterocycles. The molecule has 1 aromatic rings. The number of hydrazone groups is 1. The van der Waals surface area contributed by atoms with Crippen molar-refractivity contribution >= 4 is 6.34 Å². The van der Waals surface area contributed by atoms with Crippen LogP contribution in [0.1, 0.15) is 11.1 Å². The lowest BCUT2D eigenvalue weighted by molar-refractivity contribution is -0.522. The monoisotopic (exact) mass is 233 g/mol. The predicted octanol–water partition coefficient (Wildman–Crippen LogP) is 1.21. The number of nitrogens with two attached hydrogens (primary N) is 1. The Morgan fingerprint density at radius 2 is 1.88 bits per heavy atom. The summed E-state index contributed by atoms with van der Waals surface area (Å²) < 4.78 is 36.6. The highest BCUT2D eigenvalue weighted by molar-refractivity contribution is 5.44. The van der Waals surface area contributed by atoms with E-state index in [-0.39, 0.29) is 11.4 Å². The molecule has 0 bridgehead atoms. The molecule has 0 unspecified atom stereocenters. The van der Waals surface area contributed by atoms with Crippen LogP contribution in [0, 0.1) is 5.21 Å². The molecule has 0 fully saturated rings. The Bertz CT molecular complexity index is 373. The molecule has 0 atom stereocenters. The van der Waals surface area contributed by atoms with Crippen molar-refractivity contribution < 1.29 is 18.0 Å². The molecule has 0 saturated heterocycles. The maximum atomic E-state index is 12.2. The maximum absolute atomic E-state index is 12.2. The first-order valence-corrected chi connectivity index (χ1v) is 4.34. The van der Waals surface area contributed by atoms with Crippen molar-refractivity contribution in [2.45, 2.75) is 12.7 Å². The minimum absolute atomic E-state index is 0.106. The van der Waals surface area contributed by atoms with Crippen molar-refractivity contribution in [1.29, 1.82) is 0 Å². The van der Waals surface area contributed by atoms with Crippen molar-refractivity contribution in [1.82, 2.24) is 5.43 Å². The van der Waals surface area contributed by atoms with Crippen LogP contribution in [0.2, 0.25) is 0 Å². The summed E-state index contributed by atoms with van der Waals surface area (Å²) in [5.74, 6) is 0. The number of nitrogens with one attached hydrogen (secondary N) is 1. The van der Waals surface area contributed by atoms with Crippen molar-refractivity contribution in [2.24, 2.45) is 5.73 Å². The number of rotatable bonds is 3. The highest BCUT2D eigenvalue weighted by atomic mass is 19.4. The number of alkyl halides is 3. The van der Waals surface area contributed by atoms with Crippen molar-refractivity contribution in [3.8, 4) is 0 Å². The quantitative estimate of drug-likeness (QED) is 0.271. The molecule has 16 heavy (non-hydrogen) atoms. The lowest BCUT2D eigenvalue weighted by Gasteiger charge is -2.11. The van der Waals surface area contributed by atoms with E-state index in [2.05, 4.69) is 5.43 Å². The van der Waals surface area contributed by atoms with E-state index in [9.17, 15) is 18.4 Å². The van der Waals surface area contributed by atoms with Crippen LogP contribution in [0.5, 0.6) is 0 Å². The van der Waals surface area contributed by atoms with Gasteiger partial charge in [0.25, 0.3) is 6.34 Å². The maximum Gasteiger partial charge on any atom is 0.416 e. The number of hydrogen-bond acceptors (Lipinski definition) is 2. The molecule has 0 amide bonds. The predicted molar refractivity (Wildman–Crippen MR) is 52.2 cm³/mol. The smallest absolute Gasteiger partial charge is 0.416 e. The molecule has 4 nitrogen and oxygen atoms in total. The minimum Gasteiger partial charge on any atom is -0.693 e. The van der Waals surface area contributed by atoms with Gasteiger partial charge in [-0.05, 0) is 17.7 Å². The van der Waals surface area contributed by atoms with Crippen LogP contribution < -0.4 is 11.2 Å². The second-order valence-electron chi connectivity index (χ2n) is 3.00. The van der Waals surface area contributed by atoms with Crippen molar-refractivity contribution in [3.05, 3.63) is 40.6 Å². The van der Waals surface area contributed by atoms with Crippen LogP contribution in [-0.4, -0.2) is 11.2 Å². The molecule has 1 aromatic carbocycles. The first-order chi connectivity index (χ1) is 7.43. The van der Waals surface area contributed by atoms with Gasteiger partial charge in [-0.25, -0.2) is 0 Å². The van der Waals surface area contributed by atoms with E-state index in [0.29, 0.717) is 5.56 Å². The van der Waals surface area contributed by atoms with Crippen LogP contribution in [0.15, 0.2) is 24.3 Å². The first-order valence-electron chi connectivity index (χ1n) is 4.34. The van der Waals surface area contributed by atoms with Crippen molar-refractivity contribution in [2.75, 3.05) is 0 Å². The lowest BCUT2D eigenvalue weighted by Crippen LogP contribution is -2.26. The zero-order valence-corrected chi connectivity index (χ0v) is 8.16. The van der Waals surface area contributed by atoms with E-state index in [0.717, 1.165) is 18.5 Å². The van der Waals surface area contributed by atoms with Gasteiger partial charge < -0.3 is 5.21 Å². The van der Waals surface area contributed by atoms with Gasteiger partial charge in [-0.15, -0.1) is 0 Å². The molecule has 0 aliphatic rings. The number of benzene rings is 1. The fourth-order valence-electron chi connectivity index (χ4n) is 1.03. The van der Waals surface area contributed by atoms with E-state index >= 15 is 0 Å². The van der Waals surface area contributed by atoms with Gasteiger partial charge in [0, 0.05) is 0 Å². The molecular formula is C9H10F3N3O. The van der Waals surface area contributed by atoms with Gasteiger partial charge >= 0.3 is 6.18 Å². The molecule has 0 spiro atoms. The Kier molecular flexibility index (Phi) is 3.60. The fourth-order valence-corrected chi connectivity index (χ4v) is 1.03. The van der Waals surface area contributed by atoms with Gasteiger partial charge in [-0.3, -0.25) is 11.2 Å². The summed E-state index contributed by atoms with van der Waals surface area (Å²) in [6, 6.07) is 4.50. The Morgan fingerprint density at radius 1 is 1.31 bits per heavy atom. The number of halogens is 3. The summed E-state index contributed by atoms with van der Waals surface area (Å²) in [5, 5.41) is 10.7. The minimum atomic E-state index is -4.35. The van der Waals surface area contributed by atoms with Gasteiger partial charge in [-0.2, -0.15) is 18.0 Å². The highest BCUT2D eigenvalue weighted by Crippen LogP contribution is 2.28. The first kappa shape index (κ1) is 12.2. The van der Waals surface area contributed by atoms with Crippen LogP contribution in [-0.2, 0) is 12.7 Å². The van der Waals surface area contributed by atoms with E-state index in [1.807, 2.05) is 0 Å². The zero-order chi connectivity index (χ0) is 12.2. The number of nitrogens with zero attached hydrogens (tertiary/aromatic N) is 1. The summed E-state index contributed by atoms with van der Waals surface area (Å²) in [4.78, 5) is 0.275. The number of hydrogen-bond donors (Lipinski definition) is 2. The summed E-state index contributed by atoms with van der Waals surface area (Å²) in [5.41, 5.74) is 7.05. The second-order valence-corrected chi connectivity index (χ2v) is 3.00. The van der Waals surface area contributed by atoms with Gasteiger partial charge in [0.05, 0.1) is 12.1 Å². The number of hydrazine groups is 1. The Hall–Kier alpha value is -1.92. The van der Waals surface area contributed by atoms with Crippen LogP contribution >= 0.6 is 0 Å². The molecule has 0 saturated carbocycles. The molecule has 0 aliphatic carbocycles. The molecule has 3 N–H and O–H groups in total. The van der Waals surface area contributed by atoms with Crippen LogP contribution in [0.4, 0.5) is 13.2 Å². The van der Waals surface area contributed by atoms with Crippen LogP contribution in [0.25, 0.3) is 0 Å². The van der Waals surface area contributed by atoms with E-state index < -0.39 is 11.7 Å². The average Bonchev–Trinajstić information content (AvgIpc) is 2.25. The van der Waals surface area contributed by atoms with Crippen LogP contribution in [0.3, 0.4) is 0 Å². The van der Waals surface area contributed by atoms with Crippen molar-refractivity contribution in [3.63, 3.8) is 0 Å². The standard InChI is InChI=1S/C9H10F3N3O/c10-9(11,12)8-3-1-7(2-4-8)5-14-15(16)6-13/h1-4,6,14H,5,13H2. The normalized spacial score (nSPS) is 12.6. The second kappa shape index (κ2) is 4.73.